The van der Waals surface area contributed by atoms with Crippen molar-refractivity contribution in [2.75, 3.05) is 151 Å². The molecule has 0 aromatic carbocycles. The summed E-state index contributed by atoms with van der Waals surface area (Å²) in [5, 5.41) is 22.5. The van der Waals surface area contributed by atoms with Gasteiger partial charge in [0, 0.05) is 78.5 Å². The normalized spacial score (nSPS) is 11.4. The molecule has 796 valence electrons. The van der Waals surface area contributed by atoms with Gasteiger partial charge in [-0.1, -0.05) is 493 Å². The first-order chi connectivity index (χ1) is 65.8. The molecule has 0 unspecified atom stereocenters. The first-order valence-electron chi connectivity index (χ1n) is 58.7. The van der Waals surface area contributed by atoms with Crippen LogP contribution in [0.5, 0.6) is 0 Å². The number of carbonyl (C=O) groups excluding carboxylic acids is 7. The second-order valence-corrected chi connectivity index (χ2v) is 39.5. The number of hydrogen-bond donors (Lipinski definition) is 7. The lowest BCUT2D eigenvalue weighted by Crippen LogP contribution is -2.48. The number of unbranched alkanes of at least 4 members (excludes halogenated alkanes) is 67. The summed E-state index contributed by atoms with van der Waals surface area (Å²) in [4.78, 5) is 100. The number of carbonyl (C=O) groups is 7. The van der Waals surface area contributed by atoms with Gasteiger partial charge in [-0.3, -0.25) is 53.2 Å². The molecule has 0 bridgehead atoms. The Morgan fingerprint density at radius 2 is 0.351 bits per heavy atom. The highest BCUT2D eigenvalue weighted by molar-refractivity contribution is 5.82. The zero-order chi connectivity index (χ0) is 98.3. The summed E-state index contributed by atoms with van der Waals surface area (Å²) in [5.41, 5.74) is 0. The standard InChI is InChI=1S/C76H153N9O5.C36H72N2O4.C2H6/c1-6-11-16-21-26-31-36-41-46-51-56-78-72(86)67-83(65-66-85(70-75(89)81-59-54-49-44-39-34-29-24-19-14-9-4)71-76(90)82-60-55-50-45-40-35-30-25-20-15-10-5)63-61-77-62-64-84(68-73(87)79-57-52-47-42-37-32-27-22-17-12-7-2)69-74(88)80-58-53-48-43-38-33-28-23-18-13-8-3;1-4-6-8-10-12-14-16-18-20-22-24-26-31-41-35(39)33-38(30-28-29-37-3)34-36(40)42-32-27-25-23-21-19-17-15-13-11-9-7-5-2;1-2/h77H,6-71H2,1-5H3,(H,78,86)(H,79,87)(H,80,88)(H,81,89)(H,82,90);37H,4-34H2,1-3H3;1-2H3. The summed E-state index contributed by atoms with van der Waals surface area (Å²) >= 11 is 0. The molecule has 20 heteroatoms. The minimum Gasteiger partial charge on any atom is -0.465 e. The summed E-state index contributed by atoms with van der Waals surface area (Å²) in [6.45, 7) is 29.8. The highest BCUT2D eigenvalue weighted by atomic mass is 16.5. The second-order valence-electron chi connectivity index (χ2n) is 39.5. The van der Waals surface area contributed by atoms with Gasteiger partial charge in [0.15, 0.2) is 0 Å². The molecule has 0 aromatic heterocycles. The fourth-order valence-corrected chi connectivity index (χ4v) is 17.5. The molecule has 7 N–H and O–H groups in total. The maximum atomic E-state index is 13.7. The summed E-state index contributed by atoms with van der Waals surface area (Å²) < 4.78 is 11.0. The summed E-state index contributed by atoms with van der Waals surface area (Å²) in [5.74, 6) is -0.728. The Kier molecular flexibility index (Phi) is 116. The molecule has 0 rings (SSSR count). The molecule has 5 amide bonds. The van der Waals surface area contributed by atoms with E-state index < -0.39 is 0 Å². The highest BCUT2D eigenvalue weighted by Crippen LogP contribution is 2.19. The van der Waals surface area contributed by atoms with Crippen LogP contribution in [-0.2, 0) is 43.0 Å². The number of ether oxygens (including phenoxy) is 2. The molecule has 0 heterocycles. The van der Waals surface area contributed by atoms with Crippen LogP contribution in [0.4, 0.5) is 0 Å². The number of rotatable bonds is 108. The van der Waals surface area contributed by atoms with Gasteiger partial charge in [0.1, 0.15) is 0 Å². The van der Waals surface area contributed by atoms with Crippen LogP contribution in [0.3, 0.4) is 0 Å². The van der Waals surface area contributed by atoms with Crippen molar-refractivity contribution in [1.82, 2.24) is 56.8 Å². The van der Waals surface area contributed by atoms with Gasteiger partial charge in [0.2, 0.25) is 29.5 Å². The van der Waals surface area contributed by atoms with Crippen molar-refractivity contribution >= 4 is 41.5 Å². The van der Waals surface area contributed by atoms with E-state index in [4.69, 9.17) is 9.47 Å². The van der Waals surface area contributed by atoms with Crippen molar-refractivity contribution in [3.05, 3.63) is 0 Å². The smallest absolute Gasteiger partial charge is 0.320 e. The van der Waals surface area contributed by atoms with E-state index in [0.717, 1.165) is 103 Å². The van der Waals surface area contributed by atoms with Crippen LogP contribution in [0.25, 0.3) is 0 Å². The Balaban J connectivity index is -0.00000324. The van der Waals surface area contributed by atoms with Gasteiger partial charge in [-0.2, -0.15) is 0 Å². The predicted molar refractivity (Wildman–Crippen MR) is 577 cm³/mol. The first-order valence-corrected chi connectivity index (χ1v) is 58.7. The van der Waals surface area contributed by atoms with E-state index >= 15 is 0 Å². The quantitative estimate of drug-likeness (QED) is 0.0222. The second kappa shape index (κ2) is 116. The van der Waals surface area contributed by atoms with E-state index in [9.17, 15) is 33.6 Å². The van der Waals surface area contributed by atoms with Crippen LogP contribution in [-0.4, -0.2) is 212 Å². The number of amides is 5. The lowest BCUT2D eigenvalue weighted by molar-refractivity contribution is -0.149. The van der Waals surface area contributed by atoms with E-state index in [0.29, 0.717) is 91.8 Å². The van der Waals surface area contributed by atoms with E-state index in [-0.39, 0.29) is 87.3 Å². The third-order valence-electron chi connectivity index (χ3n) is 26.2. The van der Waals surface area contributed by atoms with Gasteiger partial charge in [-0.25, -0.2) is 0 Å². The van der Waals surface area contributed by atoms with E-state index in [1.165, 1.54) is 385 Å². The van der Waals surface area contributed by atoms with Crippen molar-refractivity contribution in [3.8, 4) is 0 Å². The van der Waals surface area contributed by atoms with Gasteiger partial charge < -0.3 is 46.7 Å². The molecule has 0 saturated heterocycles. The van der Waals surface area contributed by atoms with Crippen molar-refractivity contribution < 1.29 is 43.0 Å². The van der Waals surface area contributed by atoms with E-state index in [1.54, 1.807) is 0 Å². The van der Waals surface area contributed by atoms with E-state index in [2.05, 4.69) is 90.6 Å². The Hall–Kier alpha value is -3.95. The topological polar surface area (TPSA) is 235 Å². The van der Waals surface area contributed by atoms with Gasteiger partial charge in [0.05, 0.1) is 59.0 Å². The van der Waals surface area contributed by atoms with E-state index in [1.807, 2.05) is 35.6 Å². The Labute approximate surface area is 831 Å². The molecular formula is C114H231N11O9. The van der Waals surface area contributed by atoms with Gasteiger partial charge >= 0.3 is 11.9 Å². The number of hydrogen-bond acceptors (Lipinski definition) is 15. The predicted octanol–water partition coefficient (Wildman–Crippen LogP) is 27.1. The number of esters is 2. The zero-order valence-electron chi connectivity index (χ0n) is 91.1. The molecule has 0 spiro atoms. The molecule has 0 aromatic rings. The third-order valence-corrected chi connectivity index (χ3v) is 26.2. The zero-order valence-corrected chi connectivity index (χ0v) is 91.1. The molecule has 0 atom stereocenters. The van der Waals surface area contributed by atoms with Crippen molar-refractivity contribution in [3.63, 3.8) is 0 Å². The largest absolute Gasteiger partial charge is 0.465 e. The number of nitrogens with one attached hydrogen (secondary N) is 7. The molecule has 0 saturated carbocycles. The highest BCUT2D eigenvalue weighted by Gasteiger charge is 2.21. The Bertz CT molecular complexity index is 2290. The molecule has 20 nitrogen and oxygen atoms in total. The van der Waals surface area contributed by atoms with Crippen LogP contribution in [0.1, 0.15) is 544 Å². The van der Waals surface area contributed by atoms with Crippen LogP contribution in [0.15, 0.2) is 0 Å². The van der Waals surface area contributed by atoms with Crippen LogP contribution >= 0.6 is 0 Å². The van der Waals surface area contributed by atoms with Gasteiger partial charge in [0.25, 0.3) is 0 Å². The molecule has 0 aliphatic heterocycles. The minimum absolute atomic E-state index is 0.0141. The molecule has 0 aliphatic carbocycles. The average molecular weight is 1900 g/mol. The fourth-order valence-electron chi connectivity index (χ4n) is 17.5. The average Bonchev–Trinajstić information content (AvgIpc) is 0.913. The van der Waals surface area contributed by atoms with Crippen LogP contribution < -0.4 is 37.2 Å². The van der Waals surface area contributed by atoms with Crippen molar-refractivity contribution in [2.45, 2.75) is 544 Å². The molecule has 134 heavy (non-hydrogen) atoms. The molecular weight excluding hydrogens is 1670 g/mol. The van der Waals surface area contributed by atoms with Crippen LogP contribution in [0, 0.1) is 0 Å². The van der Waals surface area contributed by atoms with Gasteiger partial charge in [-0.05, 0) is 65.0 Å². The van der Waals surface area contributed by atoms with Gasteiger partial charge in [-0.15, -0.1) is 0 Å². The third kappa shape index (κ3) is 110. The monoisotopic (exact) mass is 1900 g/mol. The number of nitrogens with zero attached hydrogens (tertiary/aromatic N) is 4. The lowest BCUT2D eigenvalue weighted by atomic mass is 10.1. The lowest BCUT2D eigenvalue weighted by Gasteiger charge is -2.27. The first kappa shape index (κ1) is 134. The van der Waals surface area contributed by atoms with Crippen LogP contribution in [0.2, 0.25) is 0 Å². The Morgan fingerprint density at radius 3 is 0.567 bits per heavy atom. The summed E-state index contributed by atoms with van der Waals surface area (Å²) in [6, 6.07) is 0. The van der Waals surface area contributed by atoms with Crippen molar-refractivity contribution in [2.24, 2.45) is 0 Å². The molecule has 0 radical (unpaired) electrons. The minimum atomic E-state index is -0.240. The maximum Gasteiger partial charge on any atom is 0.320 e. The summed E-state index contributed by atoms with van der Waals surface area (Å²) in [7, 11) is 1.91. The molecule has 0 aliphatic rings. The Morgan fingerprint density at radius 1 is 0.179 bits per heavy atom. The molecule has 0 fully saturated rings. The fraction of sp³-hybridized carbons (Fsp3) is 0.939. The summed E-state index contributed by atoms with van der Waals surface area (Å²) in [6.07, 6.45) is 93.9. The SMILES string of the molecule is CC.CCCCCCCCCCCCCCOC(=O)CN(CCCNC)CC(=O)OCCCCCCCCCCCCCC.CCCCCCCCCCCCNC(=O)CN(CCNCCN(CC(=O)NCCCCCCCCCCCC)CC(=O)NCCCCCCCCCCCC)CCN(CC(=O)NCCCCCCCCCCCC)CC(=O)NCCCCCCCCCCCC. The maximum absolute atomic E-state index is 13.7. The van der Waals surface area contributed by atoms with Crippen molar-refractivity contribution in [1.29, 1.82) is 0 Å².